The second-order valence-corrected chi connectivity index (χ2v) is 4.20. The van der Waals surface area contributed by atoms with Gasteiger partial charge >= 0.3 is 0 Å². The number of nitriles is 1. The van der Waals surface area contributed by atoms with Crippen molar-refractivity contribution >= 4 is 11.3 Å². The minimum absolute atomic E-state index is 0.515. The van der Waals surface area contributed by atoms with Gasteiger partial charge in [0.05, 0.1) is 12.5 Å². The lowest BCUT2D eigenvalue weighted by molar-refractivity contribution is 1.09. The van der Waals surface area contributed by atoms with Crippen LogP contribution in [0.2, 0.25) is 0 Å². The Bertz CT molecular complexity index is 464. The lowest BCUT2D eigenvalue weighted by atomic mass is 10.2. The van der Waals surface area contributed by atoms with Crippen molar-refractivity contribution in [3.8, 4) is 6.07 Å². The predicted molar refractivity (Wildman–Crippen MR) is 78.7 cm³/mol. The van der Waals surface area contributed by atoms with Gasteiger partial charge in [-0.25, -0.2) is 0 Å². The van der Waals surface area contributed by atoms with E-state index in [1.165, 1.54) is 0 Å². The third-order valence-corrected chi connectivity index (χ3v) is 2.59. The molecule has 2 heterocycles. The van der Waals surface area contributed by atoms with Crippen molar-refractivity contribution in [3.05, 3.63) is 77.2 Å². The first-order valence-corrected chi connectivity index (χ1v) is 6.69. The summed E-state index contributed by atoms with van der Waals surface area (Å²) in [5.74, 6) is 0. The molecule has 0 amide bonds. The molecule has 1 N–H and O–H groups in total. The van der Waals surface area contributed by atoms with Gasteiger partial charge in [-0.3, -0.25) is 5.10 Å². The third kappa shape index (κ3) is 8.36. The van der Waals surface area contributed by atoms with Crippen LogP contribution in [0.3, 0.4) is 0 Å². The highest BCUT2D eigenvalue weighted by Gasteiger charge is 1.84. The van der Waals surface area contributed by atoms with Gasteiger partial charge in [0.2, 0.25) is 0 Å². The molecule has 0 aliphatic rings. The van der Waals surface area contributed by atoms with E-state index in [-0.39, 0.29) is 0 Å². The largest absolute Gasteiger partial charge is 0.286 e. The molecule has 0 aliphatic carbocycles. The monoisotopic (exact) mass is 269 g/mol. The smallest absolute Gasteiger partial charge is 0.0669 e. The van der Waals surface area contributed by atoms with Crippen LogP contribution in [0.1, 0.15) is 5.56 Å². The Morgan fingerprint density at radius 2 is 1.79 bits per heavy atom. The van der Waals surface area contributed by atoms with E-state index in [9.17, 15) is 0 Å². The second kappa shape index (κ2) is 10.8. The van der Waals surface area contributed by atoms with Crippen LogP contribution >= 0.6 is 11.3 Å². The number of hydrogen-bond acceptors (Lipinski definition) is 3. The lowest BCUT2D eigenvalue weighted by Crippen LogP contribution is -1.76. The molecule has 2 aromatic heterocycles. The Balaban J connectivity index is 0.000000153. The molecule has 0 aliphatic heterocycles. The highest BCUT2D eigenvalue weighted by molar-refractivity contribution is 7.07. The van der Waals surface area contributed by atoms with Gasteiger partial charge in [-0.15, -0.1) is 0 Å². The van der Waals surface area contributed by atoms with Crippen molar-refractivity contribution in [2.24, 2.45) is 0 Å². The molecule has 0 unspecified atom stereocenters. The molecule has 0 saturated carbocycles. The Morgan fingerprint density at radius 1 is 1.05 bits per heavy atom. The average Bonchev–Trinajstić information content (AvgIpc) is 3.19. The number of aromatic amines is 1. The topological polar surface area (TPSA) is 52.5 Å². The van der Waals surface area contributed by atoms with Crippen molar-refractivity contribution in [1.82, 2.24) is 10.2 Å². The van der Waals surface area contributed by atoms with Gasteiger partial charge in [0.25, 0.3) is 0 Å². The predicted octanol–water partition coefficient (Wildman–Crippen LogP) is 3.91. The molecule has 0 fully saturated rings. The summed E-state index contributed by atoms with van der Waals surface area (Å²) in [5.41, 5.74) is 1.08. The van der Waals surface area contributed by atoms with Crippen LogP contribution in [0.25, 0.3) is 0 Å². The van der Waals surface area contributed by atoms with Gasteiger partial charge in [-0.2, -0.15) is 21.7 Å². The highest BCUT2D eigenvalue weighted by Crippen LogP contribution is 1.97. The Labute approximate surface area is 117 Å². The minimum Gasteiger partial charge on any atom is -0.286 e. The number of nitrogens with zero attached hydrogens (tertiary/aromatic N) is 2. The van der Waals surface area contributed by atoms with Crippen LogP contribution in [0.15, 0.2) is 71.7 Å². The number of H-pyrrole nitrogens is 1. The summed E-state index contributed by atoms with van der Waals surface area (Å²) < 4.78 is 0. The maximum Gasteiger partial charge on any atom is 0.0669 e. The van der Waals surface area contributed by atoms with E-state index in [2.05, 4.69) is 16.3 Å². The quantitative estimate of drug-likeness (QED) is 0.728. The van der Waals surface area contributed by atoms with E-state index in [1.807, 2.05) is 59.3 Å². The van der Waals surface area contributed by atoms with Crippen molar-refractivity contribution in [2.45, 2.75) is 6.42 Å². The van der Waals surface area contributed by atoms with Crippen molar-refractivity contribution in [3.63, 3.8) is 0 Å². The molecule has 3 rings (SSSR count). The molecule has 96 valence electrons. The van der Waals surface area contributed by atoms with Gasteiger partial charge in [0, 0.05) is 12.4 Å². The summed E-state index contributed by atoms with van der Waals surface area (Å²) in [4.78, 5) is 0. The SMILES string of the molecule is N#CCc1ccccc1.c1ccsc1.c1cn[nH]c1. The molecule has 0 atom stereocenters. The molecule has 1 aromatic carbocycles. The summed E-state index contributed by atoms with van der Waals surface area (Å²) in [6.07, 6.45) is 3.97. The van der Waals surface area contributed by atoms with Gasteiger partial charge in [-0.1, -0.05) is 42.5 Å². The normalized spacial score (nSPS) is 8.16. The highest BCUT2D eigenvalue weighted by atomic mass is 32.1. The van der Waals surface area contributed by atoms with Gasteiger partial charge in [-0.05, 0) is 22.4 Å². The van der Waals surface area contributed by atoms with Crippen molar-refractivity contribution in [1.29, 1.82) is 5.26 Å². The molecule has 19 heavy (non-hydrogen) atoms. The van der Waals surface area contributed by atoms with Crippen LogP contribution < -0.4 is 0 Å². The minimum atomic E-state index is 0.515. The molecule has 4 heteroatoms. The number of thiophene rings is 1. The van der Waals surface area contributed by atoms with Crippen LogP contribution in [0.4, 0.5) is 0 Å². The molecular formula is C15H15N3S. The van der Waals surface area contributed by atoms with Crippen LogP contribution in [-0.2, 0) is 6.42 Å². The van der Waals surface area contributed by atoms with E-state index in [0.717, 1.165) is 5.56 Å². The maximum absolute atomic E-state index is 8.27. The summed E-state index contributed by atoms with van der Waals surface area (Å²) in [7, 11) is 0. The number of nitrogens with one attached hydrogen (secondary N) is 1. The van der Waals surface area contributed by atoms with Crippen LogP contribution in [-0.4, -0.2) is 10.2 Å². The number of benzene rings is 1. The number of hydrogen-bond donors (Lipinski definition) is 1. The van der Waals surface area contributed by atoms with Gasteiger partial charge < -0.3 is 0 Å². The molecular weight excluding hydrogens is 254 g/mol. The Kier molecular flexibility index (Phi) is 8.31. The molecule has 3 aromatic rings. The molecule has 3 nitrogen and oxygen atoms in total. The van der Waals surface area contributed by atoms with Crippen molar-refractivity contribution < 1.29 is 0 Å². The first-order chi connectivity index (χ1) is 9.43. The third-order valence-electron chi connectivity index (χ3n) is 1.96. The van der Waals surface area contributed by atoms with E-state index in [0.29, 0.717) is 6.42 Å². The number of aromatic nitrogens is 2. The van der Waals surface area contributed by atoms with E-state index in [1.54, 1.807) is 23.7 Å². The Morgan fingerprint density at radius 3 is 2.16 bits per heavy atom. The zero-order chi connectivity index (χ0) is 13.6. The summed E-state index contributed by atoms with van der Waals surface area (Å²) >= 11 is 1.71. The average molecular weight is 269 g/mol. The van der Waals surface area contributed by atoms with E-state index >= 15 is 0 Å². The molecule has 0 radical (unpaired) electrons. The fourth-order valence-corrected chi connectivity index (χ4v) is 1.58. The number of rotatable bonds is 1. The Hall–Kier alpha value is -2.38. The molecule has 0 spiro atoms. The van der Waals surface area contributed by atoms with Gasteiger partial charge in [0.1, 0.15) is 0 Å². The first kappa shape index (κ1) is 14.7. The van der Waals surface area contributed by atoms with E-state index < -0.39 is 0 Å². The fourth-order valence-electron chi connectivity index (χ4n) is 1.13. The zero-order valence-corrected chi connectivity index (χ0v) is 11.3. The van der Waals surface area contributed by atoms with Crippen molar-refractivity contribution in [2.75, 3.05) is 0 Å². The second-order valence-electron chi connectivity index (χ2n) is 3.38. The van der Waals surface area contributed by atoms with Crippen LogP contribution in [0, 0.1) is 11.3 Å². The maximum atomic E-state index is 8.27. The summed E-state index contributed by atoms with van der Waals surface area (Å²) in [6.45, 7) is 0. The molecule has 0 saturated heterocycles. The summed E-state index contributed by atoms with van der Waals surface area (Å²) in [6, 6.07) is 17.7. The first-order valence-electron chi connectivity index (χ1n) is 5.75. The van der Waals surface area contributed by atoms with Crippen LogP contribution in [0.5, 0.6) is 0 Å². The standard InChI is InChI=1S/C8H7N.C4H4S.C3H4N2/c9-7-6-8-4-2-1-3-5-8;2*1-2-4-5-3-1/h1-5H,6H2;1-4H;1-3H,(H,4,5). The van der Waals surface area contributed by atoms with E-state index in [4.69, 9.17) is 5.26 Å². The zero-order valence-electron chi connectivity index (χ0n) is 10.4. The van der Waals surface area contributed by atoms with Gasteiger partial charge in [0.15, 0.2) is 0 Å². The summed E-state index contributed by atoms with van der Waals surface area (Å²) in [5, 5.41) is 18.6. The lowest BCUT2D eigenvalue weighted by Gasteiger charge is -1.88. The molecule has 0 bridgehead atoms. The fraction of sp³-hybridized carbons (Fsp3) is 0.0667.